The number of nitrogens with zero attached hydrogens (tertiary/aromatic N) is 1. The Morgan fingerprint density at radius 2 is 1.87 bits per heavy atom. The fourth-order valence-electron chi connectivity index (χ4n) is 1.93. The van der Waals surface area contributed by atoms with Gasteiger partial charge in [-0.15, -0.1) is 0 Å². The van der Waals surface area contributed by atoms with E-state index in [-0.39, 0.29) is 4.75 Å². The third-order valence-corrected chi connectivity index (χ3v) is 4.30. The zero-order chi connectivity index (χ0) is 11.1. The summed E-state index contributed by atoms with van der Waals surface area (Å²) in [4.78, 5) is 0. The lowest BCUT2D eigenvalue weighted by molar-refractivity contribution is 0.784. The van der Waals surface area contributed by atoms with E-state index >= 15 is 0 Å². The van der Waals surface area contributed by atoms with Crippen molar-refractivity contribution in [3.8, 4) is 0 Å². The number of fused-ring (bicyclic) bond motifs is 1. The molecule has 15 heavy (non-hydrogen) atoms. The number of rotatable bonds is 2. The fraction of sp³-hybridized carbons (Fsp3) is 0.385. The van der Waals surface area contributed by atoms with E-state index in [2.05, 4.69) is 62.2 Å². The summed E-state index contributed by atoms with van der Waals surface area (Å²) in [7, 11) is 2.11. The molecule has 0 N–H and O–H groups in total. The Morgan fingerprint density at radius 1 is 1.20 bits per heavy atom. The van der Waals surface area contributed by atoms with Gasteiger partial charge in [-0.3, -0.25) is 0 Å². The first-order chi connectivity index (χ1) is 7.06. The summed E-state index contributed by atoms with van der Waals surface area (Å²) in [5.41, 5.74) is 2.74. The SMILES string of the molecule is CSC(C)(C)c1cn(C)c2ccccc12. The number of aryl methyl sites for hydroxylation is 1. The van der Waals surface area contributed by atoms with E-state index < -0.39 is 0 Å². The smallest absolute Gasteiger partial charge is 0.0481 e. The average molecular weight is 219 g/mol. The third-order valence-electron chi connectivity index (χ3n) is 3.06. The highest BCUT2D eigenvalue weighted by Gasteiger charge is 2.23. The van der Waals surface area contributed by atoms with E-state index in [0.717, 1.165) is 0 Å². The number of hydrogen-bond donors (Lipinski definition) is 0. The zero-order valence-electron chi connectivity index (χ0n) is 9.74. The van der Waals surface area contributed by atoms with Crippen LogP contribution < -0.4 is 0 Å². The molecule has 0 atom stereocenters. The summed E-state index contributed by atoms with van der Waals surface area (Å²) in [5.74, 6) is 0. The maximum absolute atomic E-state index is 2.28. The average Bonchev–Trinajstić information content (AvgIpc) is 2.58. The molecular weight excluding hydrogens is 202 g/mol. The van der Waals surface area contributed by atoms with Crippen molar-refractivity contribution in [2.45, 2.75) is 18.6 Å². The third kappa shape index (κ3) is 1.67. The van der Waals surface area contributed by atoms with Gasteiger partial charge in [-0.05, 0) is 31.7 Å². The topological polar surface area (TPSA) is 4.93 Å². The van der Waals surface area contributed by atoms with Gasteiger partial charge in [-0.2, -0.15) is 11.8 Å². The van der Waals surface area contributed by atoms with Gasteiger partial charge in [0.2, 0.25) is 0 Å². The molecule has 2 rings (SSSR count). The van der Waals surface area contributed by atoms with Gasteiger partial charge in [0, 0.05) is 28.9 Å². The Bertz CT molecular complexity index is 482. The van der Waals surface area contributed by atoms with Crippen LogP contribution in [0.3, 0.4) is 0 Å². The fourth-order valence-corrected chi connectivity index (χ4v) is 2.31. The van der Waals surface area contributed by atoms with E-state index in [0.29, 0.717) is 0 Å². The molecule has 2 heteroatoms. The Hall–Kier alpha value is -0.890. The van der Waals surface area contributed by atoms with Crippen LogP contribution in [0.2, 0.25) is 0 Å². The maximum Gasteiger partial charge on any atom is 0.0481 e. The lowest BCUT2D eigenvalue weighted by atomic mass is 10.0. The van der Waals surface area contributed by atoms with Gasteiger partial charge in [-0.1, -0.05) is 18.2 Å². The van der Waals surface area contributed by atoms with Crippen molar-refractivity contribution in [1.29, 1.82) is 0 Å². The van der Waals surface area contributed by atoms with Gasteiger partial charge in [-0.25, -0.2) is 0 Å². The molecule has 1 heterocycles. The van der Waals surface area contributed by atoms with Crippen LogP contribution >= 0.6 is 11.8 Å². The molecule has 1 aromatic heterocycles. The van der Waals surface area contributed by atoms with Crippen molar-refractivity contribution in [2.24, 2.45) is 7.05 Å². The number of para-hydroxylation sites is 1. The molecule has 0 fully saturated rings. The van der Waals surface area contributed by atoms with E-state index in [1.807, 2.05) is 11.8 Å². The highest BCUT2D eigenvalue weighted by atomic mass is 32.2. The molecule has 0 saturated carbocycles. The number of thioether (sulfide) groups is 1. The number of aromatic nitrogens is 1. The second kappa shape index (κ2) is 3.60. The van der Waals surface area contributed by atoms with Crippen LogP contribution in [0.5, 0.6) is 0 Å². The number of hydrogen-bond acceptors (Lipinski definition) is 1. The predicted octanol–water partition coefficient (Wildman–Crippen LogP) is 3.78. The first-order valence-electron chi connectivity index (χ1n) is 5.16. The van der Waals surface area contributed by atoms with Gasteiger partial charge in [0.1, 0.15) is 0 Å². The first kappa shape index (κ1) is 10.6. The van der Waals surface area contributed by atoms with Crippen molar-refractivity contribution in [3.05, 3.63) is 36.0 Å². The predicted molar refractivity (Wildman–Crippen MR) is 69.5 cm³/mol. The summed E-state index contributed by atoms with van der Waals surface area (Å²) in [6.07, 6.45) is 4.42. The summed E-state index contributed by atoms with van der Waals surface area (Å²) < 4.78 is 2.39. The van der Waals surface area contributed by atoms with Crippen molar-refractivity contribution in [3.63, 3.8) is 0 Å². The van der Waals surface area contributed by atoms with Crippen LogP contribution in [-0.4, -0.2) is 10.8 Å². The molecule has 1 aromatic carbocycles. The Labute approximate surface area is 95.5 Å². The summed E-state index contributed by atoms with van der Waals surface area (Å²) in [6, 6.07) is 8.60. The second-order valence-electron chi connectivity index (χ2n) is 4.39. The standard InChI is InChI=1S/C13H17NS/c1-13(2,15-4)11-9-14(3)12-8-6-5-7-10(11)12/h5-9H,1-4H3. The monoisotopic (exact) mass is 219 g/mol. The minimum atomic E-state index is 0.181. The van der Waals surface area contributed by atoms with Crippen LogP contribution in [0.25, 0.3) is 10.9 Å². The quantitative estimate of drug-likeness (QED) is 0.744. The summed E-state index contributed by atoms with van der Waals surface area (Å²) in [6.45, 7) is 4.55. The van der Waals surface area contributed by atoms with Gasteiger partial charge < -0.3 is 4.57 Å². The molecule has 0 saturated heterocycles. The highest BCUT2D eigenvalue weighted by molar-refractivity contribution is 7.99. The molecule has 0 aliphatic heterocycles. The molecule has 0 aliphatic rings. The Kier molecular flexibility index (Phi) is 2.55. The van der Waals surface area contributed by atoms with E-state index in [9.17, 15) is 0 Å². The summed E-state index contributed by atoms with van der Waals surface area (Å²) >= 11 is 1.90. The maximum atomic E-state index is 2.28. The Morgan fingerprint density at radius 3 is 2.53 bits per heavy atom. The van der Waals surface area contributed by atoms with Gasteiger partial charge in [0.25, 0.3) is 0 Å². The molecule has 0 spiro atoms. The molecule has 0 amide bonds. The van der Waals surface area contributed by atoms with Crippen LogP contribution in [0.15, 0.2) is 30.5 Å². The Balaban J connectivity index is 2.72. The van der Waals surface area contributed by atoms with Crippen molar-refractivity contribution >= 4 is 22.7 Å². The lowest BCUT2D eigenvalue weighted by Gasteiger charge is -2.21. The summed E-state index contributed by atoms with van der Waals surface area (Å²) in [5, 5.41) is 1.37. The van der Waals surface area contributed by atoms with Crippen LogP contribution in [-0.2, 0) is 11.8 Å². The molecule has 2 aromatic rings. The van der Waals surface area contributed by atoms with Gasteiger partial charge in [0.15, 0.2) is 0 Å². The zero-order valence-corrected chi connectivity index (χ0v) is 10.6. The second-order valence-corrected chi connectivity index (χ2v) is 5.81. The van der Waals surface area contributed by atoms with Crippen LogP contribution in [0.1, 0.15) is 19.4 Å². The lowest BCUT2D eigenvalue weighted by Crippen LogP contribution is -2.10. The van der Waals surface area contributed by atoms with Gasteiger partial charge >= 0.3 is 0 Å². The molecule has 1 nitrogen and oxygen atoms in total. The normalized spacial score (nSPS) is 12.3. The molecule has 0 aliphatic carbocycles. The highest BCUT2D eigenvalue weighted by Crippen LogP contribution is 2.38. The largest absolute Gasteiger partial charge is 0.350 e. The minimum absolute atomic E-state index is 0.181. The van der Waals surface area contributed by atoms with Crippen LogP contribution in [0.4, 0.5) is 0 Å². The van der Waals surface area contributed by atoms with Crippen molar-refractivity contribution < 1.29 is 0 Å². The van der Waals surface area contributed by atoms with E-state index in [1.165, 1.54) is 16.5 Å². The minimum Gasteiger partial charge on any atom is -0.350 e. The van der Waals surface area contributed by atoms with Crippen LogP contribution in [0, 0.1) is 0 Å². The van der Waals surface area contributed by atoms with Gasteiger partial charge in [0.05, 0.1) is 0 Å². The number of benzene rings is 1. The molecular formula is C13H17NS. The molecule has 0 bridgehead atoms. The van der Waals surface area contributed by atoms with Crippen molar-refractivity contribution in [2.75, 3.05) is 6.26 Å². The molecule has 0 unspecified atom stereocenters. The first-order valence-corrected chi connectivity index (χ1v) is 6.38. The van der Waals surface area contributed by atoms with E-state index in [1.54, 1.807) is 0 Å². The molecule has 0 radical (unpaired) electrons. The molecule has 80 valence electrons. The van der Waals surface area contributed by atoms with Crippen molar-refractivity contribution in [1.82, 2.24) is 4.57 Å². The van der Waals surface area contributed by atoms with E-state index in [4.69, 9.17) is 0 Å².